The molecule has 0 aromatic rings. The lowest BCUT2D eigenvalue weighted by Crippen LogP contribution is -2.48. The van der Waals surface area contributed by atoms with E-state index in [-0.39, 0.29) is 5.91 Å². The predicted octanol–water partition coefficient (Wildman–Crippen LogP) is 2.02. The van der Waals surface area contributed by atoms with Gasteiger partial charge >= 0.3 is 0 Å². The molecule has 0 bridgehead atoms. The van der Waals surface area contributed by atoms with Gasteiger partial charge in [0.25, 0.3) is 0 Å². The molecule has 26 heavy (non-hydrogen) atoms. The molecule has 1 aliphatic heterocycles. The van der Waals surface area contributed by atoms with E-state index in [2.05, 4.69) is 22.5 Å². The molecule has 2 rings (SSSR count). The summed E-state index contributed by atoms with van der Waals surface area (Å²) in [6, 6.07) is 0.681. The Morgan fingerprint density at radius 3 is 2.73 bits per heavy atom. The van der Waals surface area contributed by atoms with E-state index >= 15 is 0 Å². The lowest BCUT2D eigenvalue weighted by atomic mass is 9.95. The molecule has 1 saturated carbocycles. The third-order valence-corrected chi connectivity index (χ3v) is 7.34. The van der Waals surface area contributed by atoms with Gasteiger partial charge in [-0.1, -0.05) is 13.3 Å². The Bertz CT molecular complexity index is 512. The number of piperidine rings is 1. The van der Waals surface area contributed by atoms with Gasteiger partial charge in [-0.05, 0) is 45.4 Å². The maximum absolute atomic E-state index is 12.4. The molecule has 6 nitrogen and oxygen atoms in total. The molecule has 0 aromatic heterocycles. The van der Waals surface area contributed by atoms with Crippen molar-refractivity contribution in [2.75, 3.05) is 25.9 Å². The average molecular weight is 385 g/mol. The van der Waals surface area contributed by atoms with Crippen molar-refractivity contribution in [3.05, 3.63) is 0 Å². The average Bonchev–Trinajstić information content (AvgIpc) is 2.67. The number of likely N-dealkylation sites (tertiary alicyclic amines) is 1. The van der Waals surface area contributed by atoms with Crippen LogP contribution in [0.2, 0.25) is 0 Å². The van der Waals surface area contributed by atoms with Gasteiger partial charge in [0, 0.05) is 60.4 Å². The topological polar surface area (TPSA) is 73.8 Å². The molecule has 4 unspecified atom stereocenters. The van der Waals surface area contributed by atoms with Crippen molar-refractivity contribution in [3.63, 3.8) is 0 Å². The van der Waals surface area contributed by atoms with Crippen molar-refractivity contribution < 1.29 is 9.00 Å². The minimum Gasteiger partial charge on any atom is -0.356 e. The molecule has 7 heteroatoms. The number of aliphatic imine (C=N–C) groups is 1. The van der Waals surface area contributed by atoms with E-state index in [0.717, 1.165) is 56.8 Å². The highest BCUT2D eigenvalue weighted by Gasteiger charge is 2.26. The quantitative estimate of drug-likeness (QED) is 0.543. The number of amides is 1. The monoisotopic (exact) mass is 384 g/mol. The van der Waals surface area contributed by atoms with Crippen LogP contribution in [0.5, 0.6) is 0 Å². The Kier molecular flexibility index (Phi) is 8.88. The summed E-state index contributed by atoms with van der Waals surface area (Å²) >= 11 is 0. The van der Waals surface area contributed by atoms with Crippen LogP contribution in [-0.2, 0) is 15.6 Å². The van der Waals surface area contributed by atoms with Crippen LogP contribution in [0.15, 0.2) is 4.99 Å². The third-order valence-electron chi connectivity index (χ3n) is 5.60. The fourth-order valence-corrected chi connectivity index (χ4v) is 5.39. The Morgan fingerprint density at radius 1 is 1.23 bits per heavy atom. The van der Waals surface area contributed by atoms with Crippen LogP contribution in [-0.4, -0.2) is 64.2 Å². The summed E-state index contributed by atoms with van der Waals surface area (Å²) < 4.78 is 12.1. The van der Waals surface area contributed by atoms with Crippen LogP contribution >= 0.6 is 0 Å². The Balaban J connectivity index is 1.73. The highest BCUT2D eigenvalue weighted by Crippen LogP contribution is 2.23. The van der Waals surface area contributed by atoms with Crippen LogP contribution < -0.4 is 10.6 Å². The van der Waals surface area contributed by atoms with Crippen molar-refractivity contribution in [2.24, 2.45) is 4.99 Å². The summed E-state index contributed by atoms with van der Waals surface area (Å²) in [4.78, 5) is 18.7. The smallest absolute Gasteiger partial charge is 0.224 e. The fraction of sp³-hybridized carbons (Fsp3) is 0.895. The second-order valence-electron chi connectivity index (χ2n) is 7.48. The van der Waals surface area contributed by atoms with Gasteiger partial charge < -0.3 is 15.5 Å². The lowest BCUT2D eigenvalue weighted by Gasteiger charge is -2.33. The van der Waals surface area contributed by atoms with Gasteiger partial charge in [0.05, 0.1) is 0 Å². The third kappa shape index (κ3) is 6.25. The van der Waals surface area contributed by atoms with Crippen LogP contribution in [0.3, 0.4) is 0 Å². The molecular formula is C19H36N4O2S. The number of carbonyl (C=O) groups excluding carboxylic acids is 1. The van der Waals surface area contributed by atoms with Gasteiger partial charge in [-0.3, -0.25) is 14.0 Å². The molecule has 4 atom stereocenters. The number of nitrogens with one attached hydrogen (secondary N) is 2. The molecule has 2 aliphatic rings. The molecular weight excluding hydrogens is 348 g/mol. The second-order valence-corrected chi connectivity index (χ2v) is 9.49. The summed E-state index contributed by atoms with van der Waals surface area (Å²) in [6.45, 7) is 5.63. The highest BCUT2D eigenvalue weighted by atomic mass is 32.2. The number of hydrogen-bond donors (Lipinski definition) is 2. The second kappa shape index (κ2) is 10.9. The van der Waals surface area contributed by atoms with Crippen LogP contribution in [0.4, 0.5) is 0 Å². The zero-order valence-corrected chi connectivity index (χ0v) is 17.4. The maximum atomic E-state index is 12.4. The highest BCUT2D eigenvalue weighted by molar-refractivity contribution is 7.85. The van der Waals surface area contributed by atoms with Crippen molar-refractivity contribution in [2.45, 2.75) is 82.5 Å². The summed E-state index contributed by atoms with van der Waals surface area (Å²) in [7, 11) is 1.04. The lowest BCUT2D eigenvalue weighted by molar-refractivity contribution is -0.134. The minimum atomic E-state index is -0.719. The Labute approximate surface area is 161 Å². The Morgan fingerprint density at radius 2 is 2.04 bits per heavy atom. The van der Waals surface area contributed by atoms with Crippen LogP contribution in [0.25, 0.3) is 0 Å². The van der Waals surface area contributed by atoms with Crippen LogP contribution in [0.1, 0.15) is 65.2 Å². The first kappa shape index (κ1) is 21.2. The van der Waals surface area contributed by atoms with Gasteiger partial charge in [0.15, 0.2) is 5.96 Å². The molecule has 0 aromatic carbocycles. The largest absolute Gasteiger partial charge is 0.356 e. The standard InChI is InChI=1S/C19H36N4O2S/c1-4-26(25)17-10-7-9-16(14-17)22-19(20-3)21-12-11-18(24)23-13-6-5-8-15(23)2/h15-17H,4-14H2,1-3H3,(H2,20,21,22). The Hall–Kier alpha value is -1.11. The minimum absolute atomic E-state index is 0.233. The first-order valence-electron chi connectivity index (χ1n) is 10.2. The van der Waals surface area contributed by atoms with E-state index < -0.39 is 10.8 Å². The van der Waals surface area contributed by atoms with E-state index in [9.17, 15) is 9.00 Å². The molecule has 1 aliphatic carbocycles. The fourth-order valence-electron chi connectivity index (χ4n) is 4.04. The van der Waals surface area contributed by atoms with E-state index in [4.69, 9.17) is 0 Å². The summed E-state index contributed by atoms with van der Waals surface area (Å²) in [5.74, 6) is 1.72. The molecule has 0 radical (unpaired) electrons. The zero-order chi connectivity index (χ0) is 18.9. The van der Waals surface area contributed by atoms with E-state index in [0.29, 0.717) is 30.3 Å². The zero-order valence-electron chi connectivity index (χ0n) is 16.6. The van der Waals surface area contributed by atoms with Crippen molar-refractivity contribution in [1.82, 2.24) is 15.5 Å². The maximum Gasteiger partial charge on any atom is 0.224 e. The molecule has 2 N–H and O–H groups in total. The van der Waals surface area contributed by atoms with Crippen LogP contribution in [0, 0.1) is 0 Å². The van der Waals surface area contributed by atoms with Gasteiger partial charge in [-0.15, -0.1) is 0 Å². The molecule has 1 heterocycles. The van der Waals surface area contributed by atoms with Crippen molar-refractivity contribution in [1.29, 1.82) is 0 Å². The molecule has 1 saturated heterocycles. The number of carbonyl (C=O) groups is 1. The van der Waals surface area contributed by atoms with Gasteiger partial charge in [0.1, 0.15) is 0 Å². The SMILES string of the molecule is CCS(=O)C1CCCC(NC(=NC)NCCC(=O)N2CCCCC2C)C1. The molecule has 1 amide bonds. The van der Waals surface area contributed by atoms with Gasteiger partial charge in [0.2, 0.25) is 5.91 Å². The normalized spacial score (nSPS) is 28.5. The molecule has 150 valence electrons. The van der Waals surface area contributed by atoms with Gasteiger partial charge in [-0.25, -0.2) is 0 Å². The van der Waals surface area contributed by atoms with Crippen molar-refractivity contribution >= 4 is 22.7 Å². The van der Waals surface area contributed by atoms with E-state index in [1.54, 1.807) is 7.05 Å². The predicted molar refractivity (Wildman–Crippen MR) is 109 cm³/mol. The first-order chi connectivity index (χ1) is 12.5. The number of rotatable bonds is 6. The molecule has 0 spiro atoms. The van der Waals surface area contributed by atoms with E-state index in [1.807, 2.05) is 11.8 Å². The van der Waals surface area contributed by atoms with Crippen molar-refractivity contribution in [3.8, 4) is 0 Å². The summed E-state index contributed by atoms with van der Waals surface area (Å²) in [6.07, 6.45) is 8.15. The van der Waals surface area contributed by atoms with E-state index in [1.165, 1.54) is 6.42 Å². The number of guanidine groups is 1. The summed E-state index contributed by atoms with van der Waals surface area (Å²) in [5.41, 5.74) is 0. The van der Waals surface area contributed by atoms with Gasteiger partial charge in [-0.2, -0.15) is 0 Å². The summed E-state index contributed by atoms with van der Waals surface area (Å²) in [5, 5.41) is 7.03. The molecule has 2 fully saturated rings. The number of nitrogens with zero attached hydrogens (tertiary/aromatic N) is 2. The first-order valence-corrected chi connectivity index (χ1v) is 11.6. The number of hydrogen-bond acceptors (Lipinski definition) is 3.